The van der Waals surface area contributed by atoms with Crippen LogP contribution in [0.25, 0.3) is 5.57 Å². The molecular formula is C25H31NO2. The van der Waals surface area contributed by atoms with Crippen LogP contribution in [0.2, 0.25) is 0 Å². The van der Waals surface area contributed by atoms with Gasteiger partial charge in [-0.25, -0.2) is 4.79 Å². The molecule has 0 aromatic heterocycles. The molecule has 2 aromatic carbocycles. The van der Waals surface area contributed by atoms with E-state index in [1.54, 1.807) is 0 Å². The van der Waals surface area contributed by atoms with Crippen LogP contribution in [0, 0.1) is 20.8 Å². The maximum absolute atomic E-state index is 11.9. The molecule has 0 heterocycles. The lowest BCUT2D eigenvalue weighted by Gasteiger charge is -2.31. The first-order chi connectivity index (χ1) is 13.4. The van der Waals surface area contributed by atoms with E-state index in [0.29, 0.717) is 12.2 Å². The summed E-state index contributed by atoms with van der Waals surface area (Å²) in [5.74, 6) is -0.271. The fourth-order valence-corrected chi connectivity index (χ4v) is 4.43. The molecule has 3 rings (SSSR count). The molecule has 0 amide bonds. The third kappa shape index (κ3) is 3.46. The summed E-state index contributed by atoms with van der Waals surface area (Å²) in [6, 6.07) is 7.68. The van der Waals surface area contributed by atoms with Gasteiger partial charge in [-0.05, 0) is 105 Å². The van der Waals surface area contributed by atoms with Gasteiger partial charge in [0.1, 0.15) is 0 Å². The van der Waals surface area contributed by atoms with Crippen LogP contribution in [0.3, 0.4) is 0 Å². The van der Waals surface area contributed by atoms with Crippen molar-refractivity contribution in [2.75, 3.05) is 18.6 Å². The molecule has 3 heteroatoms. The Morgan fingerprint density at radius 2 is 1.71 bits per heavy atom. The fraction of sp³-hybridized carbons (Fsp3) is 0.400. The lowest BCUT2D eigenvalue weighted by Crippen LogP contribution is -2.17. The normalized spacial score (nSPS) is 13.0. The highest BCUT2D eigenvalue weighted by molar-refractivity contribution is 5.90. The van der Waals surface area contributed by atoms with E-state index in [1.165, 1.54) is 39.1 Å². The molecule has 0 N–H and O–H groups in total. The Morgan fingerprint density at radius 1 is 1.04 bits per heavy atom. The van der Waals surface area contributed by atoms with Crippen LogP contribution >= 0.6 is 0 Å². The summed E-state index contributed by atoms with van der Waals surface area (Å²) >= 11 is 0. The van der Waals surface area contributed by atoms with Gasteiger partial charge in [-0.2, -0.15) is 0 Å². The summed E-state index contributed by atoms with van der Waals surface area (Å²) in [5, 5.41) is 0. The Balaban J connectivity index is 2.03. The van der Waals surface area contributed by atoms with E-state index in [9.17, 15) is 4.79 Å². The average molecular weight is 378 g/mol. The number of allylic oxidation sites excluding steroid dienone is 2. The van der Waals surface area contributed by atoms with Crippen molar-refractivity contribution in [1.82, 2.24) is 0 Å². The Bertz CT molecular complexity index is 923. The second-order valence-electron chi connectivity index (χ2n) is 7.53. The lowest BCUT2D eigenvalue weighted by molar-refractivity contribution is 0.0526. The number of anilines is 2. The molecule has 0 saturated carbocycles. The van der Waals surface area contributed by atoms with Gasteiger partial charge in [0.2, 0.25) is 0 Å². The molecule has 2 aromatic rings. The first-order valence-corrected chi connectivity index (χ1v) is 10.2. The third-order valence-corrected chi connectivity index (χ3v) is 5.99. The number of carbonyl (C=O) groups is 1. The molecule has 3 nitrogen and oxygen atoms in total. The molecule has 0 aliphatic heterocycles. The maximum Gasteiger partial charge on any atom is 0.338 e. The Labute approximate surface area is 169 Å². The Kier molecular flexibility index (Phi) is 5.93. The predicted octanol–water partition coefficient (Wildman–Crippen LogP) is 6.30. The van der Waals surface area contributed by atoms with Crippen molar-refractivity contribution in [3.8, 4) is 0 Å². The van der Waals surface area contributed by atoms with Gasteiger partial charge in [-0.15, -0.1) is 0 Å². The summed E-state index contributed by atoms with van der Waals surface area (Å²) < 4.78 is 5.09. The zero-order chi connectivity index (χ0) is 20.4. The molecule has 0 spiro atoms. The number of nitrogens with zero attached hydrogens (tertiary/aromatic N) is 1. The molecule has 1 aliphatic rings. The molecule has 28 heavy (non-hydrogen) atoms. The van der Waals surface area contributed by atoms with Crippen LogP contribution < -0.4 is 4.90 Å². The Hall–Kier alpha value is -2.55. The number of esters is 1. The predicted molar refractivity (Wildman–Crippen MR) is 118 cm³/mol. The van der Waals surface area contributed by atoms with Gasteiger partial charge in [0.15, 0.2) is 0 Å². The first-order valence-electron chi connectivity index (χ1n) is 10.2. The molecule has 1 aliphatic carbocycles. The van der Waals surface area contributed by atoms with Crippen LogP contribution in [0.15, 0.2) is 30.3 Å². The van der Waals surface area contributed by atoms with Crippen molar-refractivity contribution in [2.45, 2.75) is 53.9 Å². The molecule has 0 fully saturated rings. The molecule has 0 radical (unpaired) electrons. The number of ether oxygens (including phenoxy) is 1. The van der Waals surface area contributed by atoms with Crippen LogP contribution in [0.1, 0.15) is 64.9 Å². The number of hydrogen-bond acceptors (Lipinski definition) is 3. The minimum Gasteiger partial charge on any atom is -0.462 e. The second-order valence-corrected chi connectivity index (χ2v) is 7.53. The lowest BCUT2D eigenvalue weighted by atomic mass is 9.81. The van der Waals surface area contributed by atoms with Gasteiger partial charge in [0, 0.05) is 18.4 Å². The van der Waals surface area contributed by atoms with Gasteiger partial charge in [0.25, 0.3) is 0 Å². The van der Waals surface area contributed by atoms with Gasteiger partial charge in [0.05, 0.1) is 12.2 Å². The topological polar surface area (TPSA) is 29.5 Å². The van der Waals surface area contributed by atoms with Crippen molar-refractivity contribution in [2.24, 2.45) is 0 Å². The maximum atomic E-state index is 11.9. The number of rotatable bonds is 5. The van der Waals surface area contributed by atoms with Crippen molar-refractivity contribution in [3.05, 3.63) is 63.7 Å². The zero-order valence-electron chi connectivity index (χ0n) is 18.0. The van der Waals surface area contributed by atoms with Gasteiger partial charge >= 0.3 is 5.97 Å². The van der Waals surface area contributed by atoms with E-state index in [4.69, 9.17) is 4.74 Å². The summed E-state index contributed by atoms with van der Waals surface area (Å²) in [7, 11) is 2.11. The minimum atomic E-state index is -0.271. The van der Waals surface area contributed by atoms with E-state index in [-0.39, 0.29) is 5.97 Å². The SMILES string of the molecule is CCOC(=O)c1ccc(N(C)c2c(C)c(C)c3c(c2C)CCC=C3CC)cc1. The highest BCUT2D eigenvalue weighted by atomic mass is 16.5. The number of fused-ring (bicyclic) bond motifs is 1. The number of hydrogen-bond donors (Lipinski definition) is 0. The summed E-state index contributed by atoms with van der Waals surface area (Å²) in [4.78, 5) is 14.2. The highest BCUT2D eigenvalue weighted by Gasteiger charge is 2.23. The minimum absolute atomic E-state index is 0.271. The van der Waals surface area contributed by atoms with Crippen LogP contribution in [-0.4, -0.2) is 19.6 Å². The van der Waals surface area contributed by atoms with Crippen molar-refractivity contribution in [1.29, 1.82) is 0 Å². The summed E-state index contributed by atoms with van der Waals surface area (Å²) in [6.07, 6.45) is 5.72. The number of benzene rings is 2. The third-order valence-electron chi connectivity index (χ3n) is 5.99. The quantitative estimate of drug-likeness (QED) is 0.573. The van der Waals surface area contributed by atoms with Gasteiger partial charge in [-0.3, -0.25) is 0 Å². The van der Waals surface area contributed by atoms with Gasteiger partial charge in [-0.1, -0.05) is 13.0 Å². The van der Waals surface area contributed by atoms with E-state index >= 15 is 0 Å². The van der Waals surface area contributed by atoms with Gasteiger partial charge < -0.3 is 9.64 Å². The van der Waals surface area contributed by atoms with Crippen molar-refractivity contribution >= 4 is 22.9 Å². The average Bonchev–Trinajstić information content (AvgIpc) is 2.71. The Morgan fingerprint density at radius 3 is 2.32 bits per heavy atom. The smallest absolute Gasteiger partial charge is 0.338 e. The number of carbonyl (C=O) groups excluding carboxylic acids is 1. The molecule has 0 atom stereocenters. The van der Waals surface area contributed by atoms with E-state index in [1.807, 2.05) is 31.2 Å². The van der Waals surface area contributed by atoms with Crippen LogP contribution in [0.5, 0.6) is 0 Å². The zero-order valence-corrected chi connectivity index (χ0v) is 18.0. The molecule has 0 saturated heterocycles. The second kappa shape index (κ2) is 8.22. The van der Waals surface area contributed by atoms with Crippen molar-refractivity contribution < 1.29 is 9.53 Å². The largest absolute Gasteiger partial charge is 0.462 e. The molecule has 0 bridgehead atoms. The highest BCUT2D eigenvalue weighted by Crippen LogP contribution is 2.42. The molecular weight excluding hydrogens is 346 g/mol. The molecule has 0 unspecified atom stereocenters. The van der Waals surface area contributed by atoms with Crippen molar-refractivity contribution in [3.63, 3.8) is 0 Å². The van der Waals surface area contributed by atoms with Crippen LogP contribution in [0.4, 0.5) is 11.4 Å². The monoisotopic (exact) mass is 377 g/mol. The fourth-order valence-electron chi connectivity index (χ4n) is 4.43. The summed E-state index contributed by atoms with van der Waals surface area (Å²) in [5.41, 5.74) is 11.5. The standard InChI is InChI=1S/C25H31NO2/c1-7-19-10-9-11-22-18(5)24(17(4)16(3)23(19)22)26(6)21-14-12-20(13-15-21)25(27)28-8-2/h10,12-15H,7-9,11H2,1-6H3. The van der Waals surface area contributed by atoms with Crippen LogP contribution in [-0.2, 0) is 11.2 Å². The first kappa shape index (κ1) is 20.2. The van der Waals surface area contributed by atoms with E-state index in [2.05, 4.69) is 45.7 Å². The van der Waals surface area contributed by atoms with E-state index in [0.717, 1.165) is 24.9 Å². The summed E-state index contributed by atoms with van der Waals surface area (Å²) in [6.45, 7) is 11.2. The molecule has 148 valence electrons. The van der Waals surface area contributed by atoms with E-state index < -0.39 is 0 Å².